The van der Waals surface area contributed by atoms with Crippen molar-refractivity contribution in [3.63, 3.8) is 0 Å². The molecule has 14 heavy (non-hydrogen) atoms. The van der Waals surface area contributed by atoms with Gasteiger partial charge in [0.2, 0.25) is 0 Å². The Balaban J connectivity index is 5.10. The molecule has 0 aromatic rings. The molecule has 0 aromatic carbocycles. The van der Waals surface area contributed by atoms with Gasteiger partial charge in [-0.05, 0) is 0 Å². The normalized spacial score (nSPS) is 15.9. The van der Waals surface area contributed by atoms with Crippen LogP contribution < -0.4 is 0 Å². The van der Waals surface area contributed by atoms with Crippen molar-refractivity contribution in [2.75, 3.05) is 6.61 Å². The van der Waals surface area contributed by atoms with Crippen molar-refractivity contribution in [3.8, 4) is 0 Å². The SMILES string of the molecule is O=C(O)C(CO)C(C(=O)O)P(=O)(O)O. The first-order valence-corrected chi connectivity index (χ1v) is 5.01. The Morgan fingerprint density at radius 3 is 1.64 bits per heavy atom. The maximum absolute atomic E-state index is 10.6. The molecule has 0 aromatic heterocycles. The minimum atomic E-state index is -5.10. The summed E-state index contributed by atoms with van der Waals surface area (Å²) in [5.74, 6) is -5.75. The van der Waals surface area contributed by atoms with E-state index in [9.17, 15) is 14.2 Å². The van der Waals surface area contributed by atoms with Crippen molar-refractivity contribution >= 4 is 19.5 Å². The maximum atomic E-state index is 10.6. The molecule has 2 unspecified atom stereocenters. The lowest BCUT2D eigenvalue weighted by atomic mass is 10.1. The summed E-state index contributed by atoms with van der Waals surface area (Å²) >= 11 is 0. The van der Waals surface area contributed by atoms with Gasteiger partial charge in [0.05, 0.1) is 6.61 Å². The third kappa shape index (κ3) is 3.08. The summed E-state index contributed by atoms with van der Waals surface area (Å²) in [6.45, 7) is -1.16. The number of carbonyl (C=O) groups is 2. The van der Waals surface area contributed by atoms with E-state index in [0.717, 1.165) is 0 Å². The third-order valence-corrected chi connectivity index (χ3v) is 2.82. The second kappa shape index (κ2) is 4.52. The molecule has 0 aliphatic carbocycles. The van der Waals surface area contributed by atoms with Crippen molar-refractivity contribution in [3.05, 3.63) is 0 Å². The molecule has 0 heterocycles. The van der Waals surface area contributed by atoms with Crippen molar-refractivity contribution in [1.82, 2.24) is 0 Å². The van der Waals surface area contributed by atoms with E-state index in [4.69, 9.17) is 25.1 Å². The van der Waals surface area contributed by atoms with Gasteiger partial charge in [-0.25, -0.2) is 0 Å². The average molecular weight is 228 g/mol. The van der Waals surface area contributed by atoms with Crippen LogP contribution in [0.3, 0.4) is 0 Å². The molecule has 2 atom stereocenters. The van der Waals surface area contributed by atoms with Crippen LogP contribution in [0.15, 0.2) is 0 Å². The summed E-state index contributed by atoms with van der Waals surface area (Å²) in [7, 11) is -5.10. The molecular formula is C5H9O8P. The zero-order chi connectivity index (χ0) is 11.5. The molecule has 0 saturated carbocycles. The van der Waals surface area contributed by atoms with Crippen molar-refractivity contribution in [2.24, 2.45) is 5.92 Å². The minimum absolute atomic E-state index is 1.16. The Morgan fingerprint density at radius 1 is 1.14 bits per heavy atom. The molecule has 0 spiro atoms. The van der Waals surface area contributed by atoms with Gasteiger partial charge in [0.1, 0.15) is 5.92 Å². The predicted octanol–water partition coefficient (Wildman–Crippen LogP) is -1.69. The van der Waals surface area contributed by atoms with E-state index >= 15 is 0 Å². The fourth-order valence-corrected chi connectivity index (χ4v) is 1.84. The number of carboxylic acid groups (broad SMARTS) is 2. The summed E-state index contributed by atoms with van der Waals surface area (Å²) in [4.78, 5) is 37.8. The fraction of sp³-hybridized carbons (Fsp3) is 0.600. The lowest BCUT2D eigenvalue weighted by molar-refractivity contribution is -0.149. The number of hydrogen-bond donors (Lipinski definition) is 5. The van der Waals surface area contributed by atoms with E-state index in [1.54, 1.807) is 0 Å². The monoisotopic (exact) mass is 228 g/mol. The summed E-state index contributed by atoms with van der Waals surface area (Å²) in [5.41, 5.74) is -2.43. The van der Waals surface area contributed by atoms with Crippen LogP contribution in [0.4, 0.5) is 0 Å². The zero-order valence-electron chi connectivity index (χ0n) is 6.77. The van der Waals surface area contributed by atoms with Crippen molar-refractivity contribution in [1.29, 1.82) is 0 Å². The Hall–Kier alpha value is -0.950. The lowest BCUT2D eigenvalue weighted by Crippen LogP contribution is -2.37. The average Bonchev–Trinajstić information content (AvgIpc) is 1.95. The first-order chi connectivity index (χ1) is 6.21. The molecule has 0 bridgehead atoms. The highest BCUT2D eigenvalue weighted by molar-refractivity contribution is 7.53. The van der Waals surface area contributed by atoms with Crippen LogP contribution in [-0.4, -0.2) is 49.3 Å². The Morgan fingerprint density at radius 2 is 1.57 bits per heavy atom. The van der Waals surface area contributed by atoms with E-state index in [-0.39, 0.29) is 0 Å². The molecule has 82 valence electrons. The summed E-state index contributed by atoms with van der Waals surface area (Å²) in [6, 6.07) is 0. The van der Waals surface area contributed by atoms with Crippen LogP contribution in [-0.2, 0) is 14.2 Å². The molecule has 5 N–H and O–H groups in total. The summed E-state index contributed by atoms with van der Waals surface area (Å²) < 4.78 is 10.6. The molecule has 0 aliphatic rings. The summed E-state index contributed by atoms with van der Waals surface area (Å²) in [5, 5.41) is 25.3. The van der Waals surface area contributed by atoms with Gasteiger partial charge in [-0.15, -0.1) is 0 Å². The van der Waals surface area contributed by atoms with Crippen LogP contribution in [0, 0.1) is 5.92 Å². The Labute approximate surface area is 78.0 Å². The number of carboxylic acids is 2. The van der Waals surface area contributed by atoms with Gasteiger partial charge in [-0.2, -0.15) is 0 Å². The van der Waals surface area contributed by atoms with Crippen LogP contribution in [0.1, 0.15) is 0 Å². The smallest absolute Gasteiger partial charge is 0.340 e. The molecule has 0 amide bonds. The molecule has 0 radical (unpaired) electrons. The fourth-order valence-electron chi connectivity index (χ4n) is 0.863. The second-order valence-corrected chi connectivity index (χ2v) is 4.23. The molecule has 0 fully saturated rings. The van der Waals surface area contributed by atoms with E-state index < -0.39 is 37.7 Å². The second-order valence-electron chi connectivity index (χ2n) is 2.50. The molecule has 8 nitrogen and oxygen atoms in total. The number of rotatable bonds is 5. The van der Waals surface area contributed by atoms with E-state index in [1.165, 1.54) is 0 Å². The summed E-state index contributed by atoms with van der Waals surface area (Å²) in [6.07, 6.45) is 0. The van der Waals surface area contributed by atoms with Crippen LogP contribution in [0.5, 0.6) is 0 Å². The van der Waals surface area contributed by atoms with Gasteiger partial charge >= 0.3 is 19.5 Å². The number of aliphatic hydroxyl groups is 1. The first kappa shape index (κ1) is 13.1. The predicted molar refractivity (Wildman–Crippen MR) is 41.7 cm³/mol. The van der Waals surface area contributed by atoms with Gasteiger partial charge in [0.15, 0.2) is 5.66 Å². The molecule has 0 aliphatic heterocycles. The highest BCUT2D eigenvalue weighted by Gasteiger charge is 2.45. The first-order valence-electron chi connectivity index (χ1n) is 3.33. The quantitative estimate of drug-likeness (QED) is 0.349. The standard InChI is InChI=1S/C5H9O8P/c6-1-2(4(7)8)3(5(9)10)14(11,12)13/h2-3,6H,1H2,(H,7,8)(H,9,10)(H2,11,12,13). The maximum Gasteiger partial charge on any atom is 0.340 e. The van der Waals surface area contributed by atoms with Gasteiger partial charge in [0.25, 0.3) is 0 Å². The number of hydrogen-bond acceptors (Lipinski definition) is 4. The van der Waals surface area contributed by atoms with Crippen molar-refractivity contribution in [2.45, 2.75) is 5.66 Å². The van der Waals surface area contributed by atoms with E-state index in [1.807, 2.05) is 0 Å². The Bertz CT molecular complexity index is 279. The molecule has 9 heteroatoms. The zero-order valence-corrected chi connectivity index (χ0v) is 7.66. The highest BCUT2D eigenvalue weighted by Crippen LogP contribution is 2.45. The van der Waals surface area contributed by atoms with Crippen LogP contribution in [0.25, 0.3) is 0 Å². The topological polar surface area (TPSA) is 152 Å². The lowest BCUT2D eigenvalue weighted by Gasteiger charge is -2.18. The Kier molecular flexibility index (Phi) is 4.21. The van der Waals surface area contributed by atoms with E-state index in [2.05, 4.69) is 0 Å². The molecule has 0 saturated heterocycles. The minimum Gasteiger partial charge on any atom is -0.481 e. The third-order valence-electron chi connectivity index (χ3n) is 1.51. The van der Waals surface area contributed by atoms with Crippen LogP contribution >= 0.6 is 7.60 Å². The van der Waals surface area contributed by atoms with Crippen LogP contribution in [0.2, 0.25) is 0 Å². The van der Waals surface area contributed by atoms with Gasteiger partial charge in [0, 0.05) is 0 Å². The largest absolute Gasteiger partial charge is 0.481 e. The van der Waals surface area contributed by atoms with Gasteiger partial charge < -0.3 is 25.1 Å². The van der Waals surface area contributed by atoms with Gasteiger partial charge in [-0.3, -0.25) is 14.2 Å². The van der Waals surface area contributed by atoms with Gasteiger partial charge in [-0.1, -0.05) is 0 Å². The van der Waals surface area contributed by atoms with Crippen molar-refractivity contribution < 1.29 is 39.3 Å². The molecule has 0 rings (SSSR count). The number of aliphatic hydroxyl groups excluding tert-OH is 1. The highest BCUT2D eigenvalue weighted by atomic mass is 31.2. The molecular weight excluding hydrogens is 219 g/mol. The van der Waals surface area contributed by atoms with E-state index in [0.29, 0.717) is 0 Å². The number of aliphatic carboxylic acids is 2.